The van der Waals surface area contributed by atoms with Gasteiger partial charge < -0.3 is 14.8 Å². The summed E-state index contributed by atoms with van der Waals surface area (Å²) >= 11 is 0. The van der Waals surface area contributed by atoms with Crippen LogP contribution in [-0.2, 0) is 19.1 Å². The van der Waals surface area contributed by atoms with Gasteiger partial charge in [0.2, 0.25) is 0 Å². The molecule has 2 aromatic rings. The quantitative estimate of drug-likeness (QED) is 0.564. The van der Waals surface area contributed by atoms with Crippen LogP contribution in [0.5, 0.6) is 0 Å². The summed E-state index contributed by atoms with van der Waals surface area (Å²) in [6.45, 7) is 3.96. The van der Waals surface area contributed by atoms with E-state index in [9.17, 15) is 14.4 Å². The van der Waals surface area contributed by atoms with Gasteiger partial charge in [0.25, 0.3) is 5.91 Å². The van der Waals surface area contributed by atoms with Crippen LogP contribution in [0.1, 0.15) is 47.2 Å². The fraction of sp³-hybridized carbons (Fsp3) is 0.320. The highest BCUT2D eigenvalue weighted by Crippen LogP contribution is 2.54. The maximum absolute atomic E-state index is 12.9. The zero-order chi connectivity index (χ0) is 22.0. The van der Waals surface area contributed by atoms with Crippen molar-refractivity contribution in [3.8, 4) is 0 Å². The van der Waals surface area contributed by atoms with Crippen LogP contribution in [0.15, 0.2) is 60.7 Å². The minimum absolute atomic E-state index is 0.227. The number of carbonyl (C=O) groups excluding carboxylic acids is 3. The number of benzene rings is 2. The predicted octanol–water partition coefficient (Wildman–Crippen LogP) is 4.05. The van der Waals surface area contributed by atoms with Gasteiger partial charge in [-0.1, -0.05) is 42.5 Å². The Morgan fingerprint density at radius 2 is 1.42 bits per heavy atom. The van der Waals surface area contributed by atoms with Crippen molar-refractivity contribution in [3.63, 3.8) is 0 Å². The Morgan fingerprint density at radius 3 is 2.06 bits per heavy atom. The molecule has 5 rings (SSSR count). The molecule has 0 spiro atoms. The second kappa shape index (κ2) is 8.76. The largest absolute Gasteiger partial charge is 0.466 e. The molecule has 6 heteroatoms. The molecule has 6 nitrogen and oxygen atoms in total. The number of amides is 1. The molecule has 3 aliphatic rings. The summed E-state index contributed by atoms with van der Waals surface area (Å²) < 4.78 is 10.6. The lowest BCUT2D eigenvalue weighted by molar-refractivity contribution is -0.162. The van der Waals surface area contributed by atoms with Crippen LogP contribution in [0.4, 0.5) is 5.69 Å². The van der Waals surface area contributed by atoms with Gasteiger partial charge in [-0.25, -0.2) is 0 Å². The minimum atomic E-state index is -0.698. The standard InChI is InChI=1S/C25H25NO5/c1-3-30-24(28)21-17-13-14-18(22(21)25(29)31-4-2)20-16(17)11-8-12-19(20)26-23(27)15-9-6-5-7-10-15/h5-14,17-18,21-22H,3-4H2,1-2H3,(H,26,27)/t17-,18-,21-,22+/m1/s1. The fourth-order valence-corrected chi connectivity index (χ4v) is 4.70. The van der Waals surface area contributed by atoms with Crippen LogP contribution >= 0.6 is 0 Å². The number of hydrogen-bond donors (Lipinski definition) is 1. The topological polar surface area (TPSA) is 81.7 Å². The van der Waals surface area contributed by atoms with E-state index in [-0.39, 0.29) is 31.0 Å². The number of nitrogens with one attached hydrogen (secondary N) is 1. The average Bonchev–Trinajstić information content (AvgIpc) is 2.79. The fourth-order valence-electron chi connectivity index (χ4n) is 4.70. The van der Waals surface area contributed by atoms with Gasteiger partial charge in [-0.15, -0.1) is 0 Å². The molecule has 0 radical (unpaired) electrons. The van der Waals surface area contributed by atoms with Gasteiger partial charge in [-0.2, -0.15) is 0 Å². The SMILES string of the molecule is CCOC(=O)[C@@H]1[C@H](C(=O)OCC)[C@@H]2C=C[C@@H]1c1c(NC(=O)c3ccccc3)cccc12. The van der Waals surface area contributed by atoms with E-state index in [1.807, 2.05) is 36.4 Å². The van der Waals surface area contributed by atoms with E-state index in [0.29, 0.717) is 11.3 Å². The number of anilines is 1. The summed E-state index contributed by atoms with van der Waals surface area (Å²) in [6.07, 6.45) is 3.91. The zero-order valence-electron chi connectivity index (χ0n) is 17.5. The van der Waals surface area contributed by atoms with Crippen molar-refractivity contribution in [1.29, 1.82) is 0 Å². The monoisotopic (exact) mass is 419 g/mol. The molecule has 1 amide bonds. The summed E-state index contributed by atoms with van der Waals surface area (Å²) in [5, 5.41) is 2.99. The van der Waals surface area contributed by atoms with E-state index in [2.05, 4.69) is 5.32 Å². The molecule has 160 valence electrons. The summed E-state index contributed by atoms with van der Waals surface area (Å²) in [6, 6.07) is 14.6. The lowest BCUT2D eigenvalue weighted by atomic mass is 9.59. The van der Waals surface area contributed by atoms with Crippen LogP contribution in [0.2, 0.25) is 0 Å². The highest BCUT2D eigenvalue weighted by molar-refractivity contribution is 6.05. The first kappa shape index (κ1) is 20.8. The Balaban J connectivity index is 1.75. The molecular formula is C25H25NO5. The molecule has 0 aromatic heterocycles. The molecule has 2 bridgehead atoms. The number of carbonyl (C=O) groups is 3. The summed E-state index contributed by atoms with van der Waals surface area (Å²) in [5.74, 6) is -3.10. The molecule has 0 saturated heterocycles. The van der Waals surface area contributed by atoms with Gasteiger partial charge in [0.1, 0.15) is 0 Å². The van der Waals surface area contributed by atoms with Gasteiger partial charge in [-0.3, -0.25) is 14.4 Å². The van der Waals surface area contributed by atoms with E-state index in [1.54, 1.807) is 38.1 Å². The normalized spacial score (nSPS) is 23.0. The van der Waals surface area contributed by atoms with Gasteiger partial charge in [0.05, 0.1) is 25.0 Å². The smallest absolute Gasteiger partial charge is 0.310 e. The third kappa shape index (κ3) is 3.74. The number of fused-ring (bicyclic) bond motifs is 1. The van der Waals surface area contributed by atoms with Crippen molar-refractivity contribution in [1.82, 2.24) is 0 Å². The Morgan fingerprint density at radius 1 is 0.806 bits per heavy atom. The zero-order valence-corrected chi connectivity index (χ0v) is 17.5. The highest BCUT2D eigenvalue weighted by atomic mass is 16.5. The van der Waals surface area contributed by atoms with E-state index >= 15 is 0 Å². The molecular weight excluding hydrogens is 394 g/mol. The lowest BCUT2D eigenvalue weighted by Crippen LogP contribution is -2.45. The molecule has 2 aromatic carbocycles. The first-order valence-corrected chi connectivity index (χ1v) is 10.6. The summed E-state index contributed by atoms with van der Waals surface area (Å²) in [5.41, 5.74) is 2.97. The molecule has 31 heavy (non-hydrogen) atoms. The van der Waals surface area contributed by atoms with E-state index in [4.69, 9.17) is 9.47 Å². The van der Waals surface area contributed by atoms with Crippen LogP contribution in [0.25, 0.3) is 0 Å². The van der Waals surface area contributed by atoms with E-state index in [0.717, 1.165) is 11.1 Å². The predicted molar refractivity (Wildman–Crippen MR) is 116 cm³/mol. The molecule has 0 unspecified atom stereocenters. The van der Waals surface area contributed by atoms with Crippen molar-refractivity contribution in [2.75, 3.05) is 18.5 Å². The molecule has 0 heterocycles. The molecule has 0 fully saturated rings. The third-order valence-corrected chi connectivity index (χ3v) is 5.92. The minimum Gasteiger partial charge on any atom is -0.466 e. The number of ether oxygens (including phenoxy) is 2. The highest BCUT2D eigenvalue weighted by Gasteiger charge is 2.52. The lowest BCUT2D eigenvalue weighted by Gasteiger charge is -2.44. The van der Waals surface area contributed by atoms with Crippen molar-refractivity contribution in [2.24, 2.45) is 11.8 Å². The van der Waals surface area contributed by atoms with Crippen LogP contribution in [0, 0.1) is 11.8 Å². The Hall–Kier alpha value is -3.41. The van der Waals surface area contributed by atoms with Crippen molar-refractivity contribution >= 4 is 23.5 Å². The van der Waals surface area contributed by atoms with Crippen molar-refractivity contribution < 1.29 is 23.9 Å². The summed E-state index contributed by atoms with van der Waals surface area (Å²) in [4.78, 5) is 38.5. The number of hydrogen-bond acceptors (Lipinski definition) is 5. The van der Waals surface area contributed by atoms with Crippen LogP contribution in [-0.4, -0.2) is 31.1 Å². The maximum atomic E-state index is 12.9. The van der Waals surface area contributed by atoms with Crippen molar-refractivity contribution in [3.05, 3.63) is 77.4 Å². The Bertz CT molecular complexity index is 1030. The number of esters is 2. The first-order valence-electron chi connectivity index (χ1n) is 10.6. The number of rotatable bonds is 6. The van der Waals surface area contributed by atoms with Gasteiger partial charge >= 0.3 is 11.9 Å². The van der Waals surface area contributed by atoms with Gasteiger partial charge in [0.15, 0.2) is 0 Å². The Kier molecular flexibility index (Phi) is 5.89. The number of allylic oxidation sites excluding steroid dienone is 2. The van der Waals surface area contributed by atoms with Crippen molar-refractivity contribution in [2.45, 2.75) is 25.7 Å². The molecule has 0 aliphatic heterocycles. The molecule has 3 aliphatic carbocycles. The second-order valence-electron chi connectivity index (χ2n) is 7.62. The van der Waals surface area contributed by atoms with Crippen LogP contribution < -0.4 is 5.32 Å². The van der Waals surface area contributed by atoms with E-state index in [1.165, 1.54) is 0 Å². The maximum Gasteiger partial charge on any atom is 0.310 e. The summed E-state index contributed by atoms with van der Waals surface area (Å²) in [7, 11) is 0. The van der Waals surface area contributed by atoms with Crippen LogP contribution in [0.3, 0.4) is 0 Å². The first-order chi connectivity index (χ1) is 15.1. The molecule has 4 atom stereocenters. The third-order valence-electron chi connectivity index (χ3n) is 5.92. The second-order valence-corrected chi connectivity index (χ2v) is 7.62. The molecule has 1 N–H and O–H groups in total. The average molecular weight is 419 g/mol. The van der Waals surface area contributed by atoms with E-state index < -0.39 is 23.8 Å². The van der Waals surface area contributed by atoms with Gasteiger partial charge in [-0.05, 0) is 43.2 Å². The van der Waals surface area contributed by atoms with Gasteiger partial charge in [0, 0.05) is 23.1 Å². The Labute approximate surface area is 181 Å². The molecule has 0 saturated carbocycles.